The first-order chi connectivity index (χ1) is 13.1. The third kappa shape index (κ3) is 3.72. The topological polar surface area (TPSA) is 58.4 Å². The number of amides is 2. The Bertz CT molecular complexity index is 855. The van der Waals surface area contributed by atoms with Crippen molar-refractivity contribution in [3.8, 4) is 0 Å². The molecule has 0 N–H and O–H groups in total. The first-order valence-electron chi connectivity index (χ1n) is 9.48. The zero-order chi connectivity index (χ0) is 18.8. The monoisotopic (exact) mass is 386 g/mol. The number of rotatable bonds is 3. The van der Waals surface area contributed by atoms with E-state index in [2.05, 4.69) is 5.10 Å². The zero-order valence-corrected chi connectivity index (χ0v) is 16.0. The molecule has 2 aliphatic heterocycles. The summed E-state index contributed by atoms with van der Waals surface area (Å²) in [5.74, 6) is 0.0921. The van der Waals surface area contributed by atoms with Gasteiger partial charge in [-0.15, -0.1) is 0 Å². The predicted molar refractivity (Wildman–Crippen MR) is 103 cm³/mol. The van der Waals surface area contributed by atoms with Crippen molar-refractivity contribution in [3.05, 3.63) is 52.3 Å². The first kappa shape index (κ1) is 18.0. The Hall–Kier alpha value is -2.34. The smallest absolute Gasteiger partial charge is 0.257 e. The standard InChI is InChI=1S/C20H23ClN4O2/c21-17-6-2-1-5-15(17)13-19(26)23-9-11-24(12-10-23)20(27)16-14-22-25-8-4-3-7-18(16)25/h1-2,5-6,14H,3-4,7-13H2. The lowest BCUT2D eigenvalue weighted by atomic mass is 10.1. The van der Waals surface area contributed by atoms with Gasteiger partial charge in [0, 0.05) is 37.7 Å². The highest BCUT2D eigenvalue weighted by Gasteiger charge is 2.28. The molecule has 1 aromatic heterocycles. The quantitative estimate of drug-likeness (QED) is 0.813. The fourth-order valence-electron chi connectivity index (χ4n) is 3.85. The van der Waals surface area contributed by atoms with Gasteiger partial charge in [-0.3, -0.25) is 14.3 Å². The van der Waals surface area contributed by atoms with Crippen LogP contribution in [0.4, 0.5) is 0 Å². The van der Waals surface area contributed by atoms with Gasteiger partial charge in [-0.05, 0) is 30.9 Å². The Kier molecular flexibility index (Phi) is 5.16. The molecule has 0 unspecified atom stereocenters. The van der Waals surface area contributed by atoms with Crippen LogP contribution in [0.25, 0.3) is 0 Å². The summed E-state index contributed by atoms with van der Waals surface area (Å²) in [6, 6.07) is 7.42. The molecule has 7 heteroatoms. The lowest BCUT2D eigenvalue weighted by Gasteiger charge is -2.35. The van der Waals surface area contributed by atoms with Crippen LogP contribution in [-0.4, -0.2) is 57.6 Å². The lowest BCUT2D eigenvalue weighted by Crippen LogP contribution is -2.51. The summed E-state index contributed by atoms with van der Waals surface area (Å²) in [4.78, 5) is 29.1. The maximum atomic E-state index is 12.9. The summed E-state index contributed by atoms with van der Waals surface area (Å²) < 4.78 is 1.96. The minimum atomic E-state index is 0.0383. The molecule has 142 valence electrons. The van der Waals surface area contributed by atoms with Crippen molar-refractivity contribution in [2.75, 3.05) is 26.2 Å². The summed E-state index contributed by atoms with van der Waals surface area (Å²) in [6.45, 7) is 3.11. The number of benzene rings is 1. The fraction of sp³-hybridized carbons (Fsp3) is 0.450. The maximum Gasteiger partial charge on any atom is 0.257 e. The molecule has 27 heavy (non-hydrogen) atoms. The molecule has 0 atom stereocenters. The Balaban J connectivity index is 1.36. The van der Waals surface area contributed by atoms with Gasteiger partial charge in [-0.2, -0.15) is 5.10 Å². The van der Waals surface area contributed by atoms with E-state index in [0.29, 0.717) is 37.6 Å². The lowest BCUT2D eigenvalue weighted by molar-refractivity contribution is -0.131. The summed E-state index contributed by atoms with van der Waals surface area (Å²) in [6.07, 6.45) is 5.14. The molecule has 2 aromatic rings. The molecule has 6 nitrogen and oxygen atoms in total. The molecule has 3 heterocycles. The van der Waals surface area contributed by atoms with Crippen LogP contribution in [0.1, 0.15) is 34.5 Å². The molecule has 0 aliphatic carbocycles. The molecule has 1 fully saturated rings. The molecule has 0 bridgehead atoms. The number of carbonyl (C=O) groups is 2. The van der Waals surface area contributed by atoms with Crippen LogP contribution in [0.15, 0.2) is 30.5 Å². The van der Waals surface area contributed by atoms with E-state index in [4.69, 9.17) is 11.6 Å². The van der Waals surface area contributed by atoms with Crippen LogP contribution in [0.3, 0.4) is 0 Å². The molecule has 2 amide bonds. The molecule has 0 radical (unpaired) electrons. The van der Waals surface area contributed by atoms with E-state index < -0.39 is 0 Å². The van der Waals surface area contributed by atoms with E-state index in [0.717, 1.165) is 42.6 Å². The maximum absolute atomic E-state index is 12.9. The third-order valence-corrected chi connectivity index (χ3v) is 5.80. The fourth-order valence-corrected chi connectivity index (χ4v) is 4.05. The van der Waals surface area contributed by atoms with E-state index in [-0.39, 0.29) is 11.8 Å². The largest absolute Gasteiger partial charge is 0.339 e. The molecule has 2 aliphatic rings. The summed E-state index contributed by atoms with van der Waals surface area (Å²) in [5, 5.41) is 4.98. The third-order valence-electron chi connectivity index (χ3n) is 5.43. The van der Waals surface area contributed by atoms with Gasteiger partial charge in [0.15, 0.2) is 0 Å². The molecule has 1 aromatic carbocycles. The van der Waals surface area contributed by atoms with Gasteiger partial charge in [0.1, 0.15) is 0 Å². The number of aromatic nitrogens is 2. The Morgan fingerprint density at radius 1 is 1.00 bits per heavy atom. The predicted octanol–water partition coefficient (Wildman–Crippen LogP) is 2.40. The SMILES string of the molecule is O=C(Cc1ccccc1Cl)N1CCN(C(=O)c2cnn3c2CCCC3)CC1. The Morgan fingerprint density at radius 2 is 1.74 bits per heavy atom. The number of nitrogens with zero attached hydrogens (tertiary/aromatic N) is 4. The Morgan fingerprint density at radius 3 is 2.52 bits per heavy atom. The van der Waals surface area contributed by atoms with Crippen LogP contribution in [0, 0.1) is 0 Å². The second kappa shape index (κ2) is 7.72. The molecule has 1 saturated heterocycles. The van der Waals surface area contributed by atoms with Gasteiger partial charge in [-0.1, -0.05) is 29.8 Å². The van der Waals surface area contributed by atoms with Gasteiger partial charge < -0.3 is 9.80 Å². The van der Waals surface area contributed by atoms with Crippen molar-refractivity contribution in [2.45, 2.75) is 32.2 Å². The summed E-state index contributed by atoms with van der Waals surface area (Å²) >= 11 is 6.16. The average molecular weight is 387 g/mol. The number of aryl methyl sites for hydroxylation is 1. The van der Waals surface area contributed by atoms with Crippen molar-refractivity contribution in [3.63, 3.8) is 0 Å². The van der Waals surface area contributed by atoms with Gasteiger partial charge in [0.05, 0.1) is 23.9 Å². The highest BCUT2D eigenvalue weighted by atomic mass is 35.5. The molecule has 4 rings (SSSR count). The Labute approximate surface area is 163 Å². The molecular weight excluding hydrogens is 364 g/mol. The number of carbonyl (C=O) groups excluding carboxylic acids is 2. The summed E-state index contributed by atoms with van der Waals surface area (Å²) in [5.41, 5.74) is 2.63. The van der Waals surface area contributed by atoms with Crippen molar-refractivity contribution in [1.29, 1.82) is 0 Å². The number of fused-ring (bicyclic) bond motifs is 1. The van der Waals surface area contributed by atoms with E-state index in [1.54, 1.807) is 12.3 Å². The van der Waals surface area contributed by atoms with E-state index >= 15 is 0 Å². The van der Waals surface area contributed by atoms with Crippen LogP contribution < -0.4 is 0 Å². The summed E-state index contributed by atoms with van der Waals surface area (Å²) in [7, 11) is 0. The highest BCUT2D eigenvalue weighted by molar-refractivity contribution is 6.31. The van der Waals surface area contributed by atoms with Gasteiger partial charge in [-0.25, -0.2) is 0 Å². The van der Waals surface area contributed by atoms with E-state index in [1.165, 1.54) is 0 Å². The van der Waals surface area contributed by atoms with Crippen molar-refractivity contribution >= 4 is 23.4 Å². The van der Waals surface area contributed by atoms with E-state index in [9.17, 15) is 9.59 Å². The number of halogens is 1. The van der Waals surface area contributed by atoms with Crippen molar-refractivity contribution < 1.29 is 9.59 Å². The molecule has 0 saturated carbocycles. The van der Waals surface area contributed by atoms with Gasteiger partial charge in [0.25, 0.3) is 5.91 Å². The van der Waals surface area contributed by atoms with E-state index in [1.807, 2.05) is 32.7 Å². The van der Waals surface area contributed by atoms with Gasteiger partial charge >= 0.3 is 0 Å². The molecule has 0 spiro atoms. The second-order valence-corrected chi connectivity index (χ2v) is 7.53. The minimum Gasteiger partial charge on any atom is -0.339 e. The number of piperazine rings is 1. The minimum absolute atomic E-state index is 0.0383. The van der Waals surface area contributed by atoms with Crippen LogP contribution in [0.2, 0.25) is 5.02 Å². The van der Waals surface area contributed by atoms with Gasteiger partial charge in [0.2, 0.25) is 5.91 Å². The number of hydrogen-bond acceptors (Lipinski definition) is 3. The average Bonchev–Trinajstić information content (AvgIpc) is 3.13. The van der Waals surface area contributed by atoms with Crippen molar-refractivity contribution in [2.24, 2.45) is 0 Å². The second-order valence-electron chi connectivity index (χ2n) is 7.13. The van der Waals surface area contributed by atoms with Crippen LogP contribution in [-0.2, 0) is 24.2 Å². The van der Waals surface area contributed by atoms with Crippen molar-refractivity contribution in [1.82, 2.24) is 19.6 Å². The normalized spacial score (nSPS) is 16.9. The van der Waals surface area contributed by atoms with Crippen LogP contribution in [0.5, 0.6) is 0 Å². The number of hydrogen-bond donors (Lipinski definition) is 0. The van der Waals surface area contributed by atoms with Crippen LogP contribution >= 0.6 is 11.6 Å². The first-order valence-corrected chi connectivity index (χ1v) is 9.86. The highest BCUT2D eigenvalue weighted by Crippen LogP contribution is 2.21. The molecular formula is C20H23ClN4O2. The zero-order valence-electron chi connectivity index (χ0n) is 15.2.